The molecule has 12 nitrogen and oxygen atoms in total. The summed E-state index contributed by atoms with van der Waals surface area (Å²) in [4.78, 5) is 44.9. The fraction of sp³-hybridized carbons (Fsp3) is 0.700. The number of aromatic nitrogens is 2. The number of nitrogens with one attached hydrogen (secondary N) is 1. The lowest BCUT2D eigenvalue weighted by molar-refractivity contribution is -0.203. The maximum atomic E-state index is 12.7. The largest absolute Gasteiger partial charge is 0.462 e. The zero-order valence-corrected chi connectivity index (χ0v) is 18.8. The molecule has 3 N–H and O–H groups in total. The van der Waals surface area contributed by atoms with Gasteiger partial charge in [-0.05, 0) is 26.7 Å². The van der Waals surface area contributed by atoms with E-state index in [1.54, 1.807) is 13.8 Å². The third-order valence-electron chi connectivity index (χ3n) is 4.84. The smallest absolute Gasteiger partial charge is 0.351 e. The minimum atomic E-state index is -0.913. The van der Waals surface area contributed by atoms with Crippen molar-refractivity contribution in [1.82, 2.24) is 9.55 Å². The lowest BCUT2D eigenvalue weighted by atomic mass is 10.1. The molecule has 0 bridgehead atoms. The number of carbonyl (C=O) groups excluding carboxylic acids is 2. The Morgan fingerprint density at radius 3 is 2.59 bits per heavy atom. The number of rotatable bonds is 8. The zero-order valence-electron chi connectivity index (χ0n) is 18.8. The van der Waals surface area contributed by atoms with Gasteiger partial charge in [0, 0.05) is 12.3 Å². The Hall–Kier alpha value is -2.54. The van der Waals surface area contributed by atoms with Gasteiger partial charge in [0.2, 0.25) is 0 Å². The second-order valence-electron chi connectivity index (χ2n) is 8.73. The SMILES string of the molecule is CC(C)CC(=O)ONc1ccn([C@@H]2O[C@H](COC(=O)[C@H](C)N)[C@H]3OC(C)(C)O[C@H]32)c(=O)n1. The number of anilines is 1. The number of fused-ring (bicyclic) bond motifs is 1. The predicted molar refractivity (Wildman–Crippen MR) is 110 cm³/mol. The van der Waals surface area contributed by atoms with Gasteiger partial charge in [-0.25, -0.2) is 15.1 Å². The minimum absolute atomic E-state index is 0.0734. The van der Waals surface area contributed by atoms with Crippen molar-refractivity contribution in [3.8, 4) is 0 Å². The number of hydrogen-bond acceptors (Lipinski definition) is 11. The van der Waals surface area contributed by atoms with Crippen LogP contribution in [0.5, 0.6) is 0 Å². The zero-order chi connectivity index (χ0) is 23.6. The van der Waals surface area contributed by atoms with Gasteiger partial charge in [0.05, 0.1) is 6.42 Å². The first-order valence-electron chi connectivity index (χ1n) is 10.4. The normalized spacial score (nSPS) is 27.1. The van der Waals surface area contributed by atoms with E-state index in [4.69, 9.17) is 29.5 Å². The number of esters is 1. The fourth-order valence-corrected chi connectivity index (χ4v) is 3.46. The number of nitrogens with zero attached hydrogens (tertiary/aromatic N) is 2. The third-order valence-corrected chi connectivity index (χ3v) is 4.84. The molecule has 2 fully saturated rings. The highest BCUT2D eigenvalue weighted by atomic mass is 16.8. The molecule has 0 radical (unpaired) electrons. The maximum absolute atomic E-state index is 12.7. The summed E-state index contributed by atoms with van der Waals surface area (Å²) in [5, 5.41) is 0. The van der Waals surface area contributed by atoms with Crippen LogP contribution in [0.1, 0.15) is 47.3 Å². The summed E-state index contributed by atoms with van der Waals surface area (Å²) in [6.07, 6.45) is -1.07. The van der Waals surface area contributed by atoms with Crippen LogP contribution in [0, 0.1) is 5.92 Å². The van der Waals surface area contributed by atoms with E-state index in [9.17, 15) is 14.4 Å². The van der Waals surface area contributed by atoms with Crippen molar-refractivity contribution >= 4 is 17.8 Å². The highest BCUT2D eigenvalue weighted by Crippen LogP contribution is 2.42. The molecule has 2 saturated heterocycles. The molecule has 2 aliphatic heterocycles. The summed E-state index contributed by atoms with van der Waals surface area (Å²) in [6.45, 7) is 8.67. The van der Waals surface area contributed by atoms with E-state index in [1.807, 2.05) is 13.8 Å². The van der Waals surface area contributed by atoms with Crippen LogP contribution in [-0.4, -0.2) is 58.2 Å². The van der Waals surface area contributed by atoms with Gasteiger partial charge in [-0.2, -0.15) is 4.98 Å². The van der Waals surface area contributed by atoms with Crippen LogP contribution < -0.4 is 16.9 Å². The summed E-state index contributed by atoms with van der Waals surface area (Å²) >= 11 is 0. The molecule has 0 amide bonds. The predicted octanol–water partition coefficient (Wildman–Crippen LogP) is 0.467. The molecular weight excluding hydrogens is 424 g/mol. The molecule has 32 heavy (non-hydrogen) atoms. The Kier molecular flexibility index (Phi) is 7.18. The summed E-state index contributed by atoms with van der Waals surface area (Å²) in [6, 6.07) is 0.689. The van der Waals surface area contributed by atoms with Crippen molar-refractivity contribution in [2.45, 2.75) is 77.4 Å². The monoisotopic (exact) mass is 454 g/mol. The van der Waals surface area contributed by atoms with Crippen LogP contribution in [-0.2, 0) is 33.4 Å². The third kappa shape index (κ3) is 5.63. The van der Waals surface area contributed by atoms with E-state index in [0.717, 1.165) is 0 Å². The molecule has 3 rings (SSSR count). The van der Waals surface area contributed by atoms with Crippen molar-refractivity contribution < 1.29 is 33.4 Å². The number of ether oxygens (including phenoxy) is 4. The summed E-state index contributed by atoms with van der Waals surface area (Å²) in [5.74, 6) is -1.74. The van der Waals surface area contributed by atoms with Gasteiger partial charge >= 0.3 is 17.6 Å². The Morgan fingerprint density at radius 1 is 1.28 bits per heavy atom. The van der Waals surface area contributed by atoms with E-state index in [-0.39, 0.29) is 24.8 Å². The highest BCUT2D eigenvalue weighted by Gasteiger charge is 2.56. The Bertz CT molecular complexity index is 900. The van der Waals surface area contributed by atoms with Gasteiger partial charge < -0.3 is 29.5 Å². The van der Waals surface area contributed by atoms with Gasteiger partial charge in [-0.3, -0.25) is 9.36 Å². The molecule has 0 saturated carbocycles. The lowest BCUT2D eigenvalue weighted by Crippen LogP contribution is -2.36. The summed E-state index contributed by atoms with van der Waals surface area (Å²) in [5.41, 5.74) is 7.25. The number of carbonyl (C=O) groups is 2. The van der Waals surface area contributed by atoms with E-state index in [0.29, 0.717) is 0 Å². The van der Waals surface area contributed by atoms with Gasteiger partial charge in [0.15, 0.2) is 17.8 Å². The van der Waals surface area contributed by atoms with E-state index < -0.39 is 54.0 Å². The molecular formula is C20H30N4O8. The minimum Gasteiger partial charge on any atom is -0.462 e. The first-order chi connectivity index (χ1) is 15.0. The number of nitrogens with two attached hydrogens (primary N) is 1. The Balaban J connectivity index is 1.72. The van der Waals surface area contributed by atoms with Crippen LogP contribution >= 0.6 is 0 Å². The van der Waals surface area contributed by atoms with Crippen molar-refractivity contribution in [3.63, 3.8) is 0 Å². The van der Waals surface area contributed by atoms with Crippen LogP contribution in [0.15, 0.2) is 17.1 Å². The van der Waals surface area contributed by atoms with Crippen molar-refractivity contribution in [1.29, 1.82) is 0 Å². The standard InChI is InChI=1S/C20H30N4O8/c1-10(2)8-14(25)32-23-13-6-7-24(19(27)22-13)17-16-15(30-20(4,5)31-16)12(29-17)9-28-18(26)11(3)21/h6-7,10-12,15-17H,8-9,21H2,1-5H3,(H,22,23,27)/t11-,12+,15+,16+,17+/m0/s1. The molecule has 0 unspecified atom stereocenters. The molecule has 2 aliphatic rings. The topological polar surface area (TPSA) is 153 Å². The Morgan fingerprint density at radius 2 is 1.97 bits per heavy atom. The van der Waals surface area contributed by atoms with Crippen molar-refractivity contribution in [2.24, 2.45) is 11.7 Å². The average molecular weight is 454 g/mol. The number of hydrogen-bond donors (Lipinski definition) is 2. The molecule has 0 spiro atoms. The first kappa shape index (κ1) is 24.1. The molecule has 0 aromatic carbocycles. The van der Waals surface area contributed by atoms with Crippen LogP contribution in [0.25, 0.3) is 0 Å². The van der Waals surface area contributed by atoms with Gasteiger partial charge in [0.25, 0.3) is 0 Å². The van der Waals surface area contributed by atoms with Crippen molar-refractivity contribution in [3.05, 3.63) is 22.7 Å². The molecule has 3 heterocycles. The summed E-state index contributed by atoms with van der Waals surface area (Å²) in [7, 11) is 0. The van der Waals surface area contributed by atoms with Gasteiger partial charge in [0.1, 0.15) is 31.0 Å². The second kappa shape index (κ2) is 9.53. The van der Waals surface area contributed by atoms with Gasteiger partial charge in [-0.15, -0.1) is 0 Å². The average Bonchev–Trinajstić information content (AvgIpc) is 3.17. The van der Waals surface area contributed by atoms with Gasteiger partial charge in [-0.1, -0.05) is 13.8 Å². The fourth-order valence-electron chi connectivity index (χ4n) is 3.46. The van der Waals surface area contributed by atoms with Crippen LogP contribution in [0.3, 0.4) is 0 Å². The highest BCUT2D eigenvalue weighted by molar-refractivity contribution is 5.74. The molecule has 12 heteroatoms. The molecule has 1 aromatic heterocycles. The molecule has 0 aliphatic carbocycles. The molecule has 178 valence electrons. The maximum Gasteiger partial charge on any atom is 0.351 e. The lowest BCUT2D eigenvalue weighted by Gasteiger charge is -2.25. The molecule has 5 atom stereocenters. The van der Waals surface area contributed by atoms with E-state index >= 15 is 0 Å². The van der Waals surface area contributed by atoms with E-state index in [2.05, 4.69) is 10.5 Å². The summed E-state index contributed by atoms with van der Waals surface area (Å²) < 4.78 is 24.2. The van der Waals surface area contributed by atoms with Crippen LogP contribution in [0.2, 0.25) is 0 Å². The quantitative estimate of drug-likeness (QED) is 0.416. The second-order valence-corrected chi connectivity index (χ2v) is 8.73. The molecule has 1 aromatic rings. The van der Waals surface area contributed by atoms with Crippen LogP contribution in [0.4, 0.5) is 5.82 Å². The first-order valence-corrected chi connectivity index (χ1v) is 10.4. The van der Waals surface area contributed by atoms with Crippen molar-refractivity contribution in [2.75, 3.05) is 12.1 Å². The Labute approximate surface area is 185 Å². The van der Waals surface area contributed by atoms with E-state index in [1.165, 1.54) is 23.8 Å².